The minimum Gasteiger partial charge on any atom is -0.144 e. The molecule has 27 heavy (non-hydrogen) atoms. The molecule has 0 saturated heterocycles. The predicted octanol–water partition coefficient (Wildman–Crippen LogP) is 7.29. The van der Waals surface area contributed by atoms with Crippen LogP contribution in [0.4, 0.5) is 0 Å². The Morgan fingerprint density at radius 3 is 2.15 bits per heavy atom. The SMILES string of the molecule is CC#Cc1c2cc(C)c(/C=C\C)cc2c(C#CC)c2cc3sccc3cc12. The molecule has 1 heterocycles. The minimum atomic E-state index is 1.10. The summed E-state index contributed by atoms with van der Waals surface area (Å²) in [6.45, 7) is 8.03. The number of hydrogen-bond donors (Lipinski definition) is 0. The number of hydrogen-bond acceptors (Lipinski definition) is 1. The van der Waals surface area contributed by atoms with Crippen molar-refractivity contribution in [1.82, 2.24) is 0 Å². The second-order valence-electron chi connectivity index (χ2n) is 6.61. The van der Waals surface area contributed by atoms with Crippen LogP contribution in [0, 0.1) is 30.6 Å². The van der Waals surface area contributed by atoms with Crippen LogP contribution in [0.2, 0.25) is 0 Å². The standard InChI is InChI=1S/C26H20S/c1-5-8-18-14-23-21(10-7-3)25-16-26-19(11-12-27-26)15-24(25)20(9-6-2)22(23)13-17(18)4/h5,8,11-16H,1-4H3/b8-5-. The molecule has 0 unspecified atom stereocenters. The molecule has 130 valence electrons. The van der Waals surface area contributed by atoms with Crippen LogP contribution >= 0.6 is 11.3 Å². The Balaban J connectivity index is 2.32. The second kappa shape index (κ2) is 6.96. The normalized spacial score (nSPS) is 11.0. The Morgan fingerprint density at radius 1 is 0.852 bits per heavy atom. The molecule has 0 fully saturated rings. The van der Waals surface area contributed by atoms with Gasteiger partial charge in [-0.3, -0.25) is 0 Å². The molecule has 0 atom stereocenters. The zero-order chi connectivity index (χ0) is 19.0. The van der Waals surface area contributed by atoms with Crippen molar-refractivity contribution in [3.8, 4) is 23.7 Å². The van der Waals surface area contributed by atoms with Gasteiger partial charge in [0.15, 0.2) is 0 Å². The first-order chi connectivity index (χ1) is 13.2. The lowest BCUT2D eigenvalue weighted by molar-refractivity contribution is 1.47. The van der Waals surface area contributed by atoms with E-state index in [1.54, 1.807) is 11.3 Å². The number of allylic oxidation sites excluding steroid dienone is 1. The summed E-state index contributed by atoms with van der Waals surface area (Å²) in [6, 6.07) is 11.3. The van der Waals surface area contributed by atoms with E-state index in [2.05, 4.69) is 85.4 Å². The van der Waals surface area contributed by atoms with Crippen molar-refractivity contribution < 1.29 is 0 Å². The highest BCUT2D eigenvalue weighted by Gasteiger charge is 2.15. The fourth-order valence-corrected chi connectivity index (χ4v) is 4.54. The van der Waals surface area contributed by atoms with Gasteiger partial charge in [0.25, 0.3) is 0 Å². The van der Waals surface area contributed by atoms with Crippen LogP contribution in [0.1, 0.15) is 43.0 Å². The summed E-state index contributed by atoms with van der Waals surface area (Å²) >= 11 is 1.77. The number of rotatable bonds is 1. The molecule has 4 aromatic rings. The molecule has 0 bridgehead atoms. The number of thiophene rings is 1. The lowest BCUT2D eigenvalue weighted by Crippen LogP contribution is -1.93. The van der Waals surface area contributed by atoms with Gasteiger partial charge in [-0.25, -0.2) is 0 Å². The minimum absolute atomic E-state index is 1.10. The third-order valence-electron chi connectivity index (χ3n) is 4.92. The summed E-state index contributed by atoms with van der Waals surface area (Å²) in [4.78, 5) is 0. The van der Waals surface area contributed by atoms with Gasteiger partial charge in [-0.05, 0) is 96.1 Å². The van der Waals surface area contributed by atoms with Crippen LogP contribution in [-0.2, 0) is 0 Å². The topological polar surface area (TPSA) is 0 Å². The number of aryl methyl sites for hydroxylation is 1. The van der Waals surface area contributed by atoms with E-state index in [9.17, 15) is 0 Å². The fourth-order valence-electron chi connectivity index (χ4n) is 3.73. The summed E-state index contributed by atoms with van der Waals surface area (Å²) in [7, 11) is 0. The van der Waals surface area contributed by atoms with E-state index in [0.717, 1.165) is 11.1 Å². The zero-order valence-electron chi connectivity index (χ0n) is 16.0. The van der Waals surface area contributed by atoms with Crippen molar-refractivity contribution in [3.05, 3.63) is 64.0 Å². The van der Waals surface area contributed by atoms with Crippen LogP contribution in [0.15, 0.2) is 41.8 Å². The van der Waals surface area contributed by atoms with Gasteiger partial charge in [0, 0.05) is 21.2 Å². The molecule has 0 radical (unpaired) electrons. The van der Waals surface area contributed by atoms with Gasteiger partial charge in [0.1, 0.15) is 0 Å². The molecule has 0 nitrogen and oxygen atoms in total. The van der Waals surface area contributed by atoms with Crippen LogP contribution in [-0.4, -0.2) is 0 Å². The lowest BCUT2D eigenvalue weighted by atomic mass is 9.89. The fraction of sp³-hybridized carbons (Fsp3) is 0.154. The van der Waals surface area contributed by atoms with E-state index in [1.807, 2.05) is 13.8 Å². The molecule has 0 N–H and O–H groups in total. The van der Waals surface area contributed by atoms with Crippen molar-refractivity contribution in [2.45, 2.75) is 27.7 Å². The van der Waals surface area contributed by atoms with E-state index < -0.39 is 0 Å². The molecule has 4 rings (SSSR count). The van der Waals surface area contributed by atoms with Crippen molar-refractivity contribution in [3.63, 3.8) is 0 Å². The summed E-state index contributed by atoms with van der Waals surface area (Å²) < 4.78 is 1.29. The van der Waals surface area contributed by atoms with Gasteiger partial charge in [-0.15, -0.1) is 23.2 Å². The maximum Gasteiger partial charge on any atom is 0.0403 e. The van der Waals surface area contributed by atoms with Gasteiger partial charge in [-0.2, -0.15) is 0 Å². The second-order valence-corrected chi connectivity index (χ2v) is 7.56. The van der Waals surface area contributed by atoms with E-state index in [-0.39, 0.29) is 0 Å². The summed E-state index contributed by atoms with van der Waals surface area (Å²) in [5, 5.41) is 8.18. The molecule has 0 aliphatic rings. The Bertz CT molecular complexity index is 1360. The van der Waals surface area contributed by atoms with Crippen molar-refractivity contribution in [2.75, 3.05) is 0 Å². The third-order valence-corrected chi connectivity index (χ3v) is 5.80. The van der Waals surface area contributed by atoms with Gasteiger partial charge < -0.3 is 0 Å². The highest BCUT2D eigenvalue weighted by atomic mass is 32.1. The molecule has 0 aliphatic heterocycles. The molecule has 3 aromatic carbocycles. The molecular formula is C26H20S. The molecule has 1 heteroatoms. The Morgan fingerprint density at radius 2 is 1.48 bits per heavy atom. The quantitative estimate of drug-likeness (QED) is 0.246. The Hall–Kier alpha value is -3.00. The monoisotopic (exact) mass is 364 g/mol. The Labute approximate surface area is 164 Å². The molecule has 0 saturated carbocycles. The van der Waals surface area contributed by atoms with Crippen LogP contribution < -0.4 is 0 Å². The maximum absolute atomic E-state index is 3.39. The molecule has 0 amide bonds. The van der Waals surface area contributed by atoms with Crippen LogP contribution in [0.3, 0.4) is 0 Å². The van der Waals surface area contributed by atoms with Gasteiger partial charge >= 0.3 is 0 Å². The van der Waals surface area contributed by atoms with Gasteiger partial charge in [0.2, 0.25) is 0 Å². The van der Waals surface area contributed by atoms with E-state index in [1.165, 1.54) is 42.8 Å². The maximum atomic E-state index is 3.39. The Kier molecular flexibility index (Phi) is 4.49. The van der Waals surface area contributed by atoms with Crippen molar-refractivity contribution in [2.24, 2.45) is 0 Å². The third kappa shape index (κ3) is 2.82. The molecule has 0 spiro atoms. The van der Waals surface area contributed by atoms with E-state index in [4.69, 9.17) is 0 Å². The van der Waals surface area contributed by atoms with E-state index >= 15 is 0 Å². The van der Waals surface area contributed by atoms with Crippen molar-refractivity contribution in [1.29, 1.82) is 0 Å². The van der Waals surface area contributed by atoms with Crippen LogP contribution in [0.5, 0.6) is 0 Å². The first-order valence-corrected chi connectivity index (χ1v) is 9.95. The molecule has 0 aliphatic carbocycles. The summed E-state index contributed by atoms with van der Waals surface area (Å²) in [5.74, 6) is 13.0. The summed E-state index contributed by atoms with van der Waals surface area (Å²) in [5.41, 5.74) is 4.69. The highest BCUT2D eigenvalue weighted by Crippen LogP contribution is 2.37. The molecule has 1 aromatic heterocycles. The average molecular weight is 365 g/mol. The highest BCUT2D eigenvalue weighted by molar-refractivity contribution is 7.17. The number of fused-ring (bicyclic) bond motifs is 3. The first-order valence-electron chi connectivity index (χ1n) is 9.07. The van der Waals surface area contributed by atoms with E-state index in [0.29, 0.717) is 0 Å². The first kappa shape index (κ1) is 17.4. The van der Waals surface area contributed by atoms with Gasteiger partial charge in [-0.1, -0.05) is 24.0 Å². The predicted molar refractivity (Wildman–Crippen MR) is 121 cm³/mol. The smallest absolute Gasteiger partial charge is 0.0403 e. The van der Waals surface area contributed by atoms with Crippen molar-refractivity contribution >= 4 is 49.0 Å². The zero-order valence-corrected chi connectivity index (χ0v) is 16.8. The largest absolute Gasteiger partial charge is 0.144 e. The lowest BCUT2D eigenvalue weighted by Gasteiger charge is -2.14. The summed E-state index contributed by atoms with van der Waals surface area (Å²) in [6.07, 6.45) is 4.25. The van der Waals surface area contributed by atoms with Crippen LogP contribution in [0.25, 0.3) is 37.7 Å². The molecular weight excluding hydrogens is 344 g/mol. The average Bonchev–Trinajstić information content (AvgIpc) is 3.12. The number of benzene rings is 3. The van der Waals surface area contributed by atoms with Gasteiger partial charge in [0.05, 0.1) is 0 Å².